The van der Waals surface area contributed by atoms with Crippen molar-refractivity contribution < 1.29 is 19.1 Å². The predicted octanol–water partition coefficient (Wildman–Crippen LogP) is 2.44. The lowest BCUT2D eigenvalue weighted by molar-refractivity contribution is -0.148. The van der Waals surface area contributed by atoms with E-state index in [0.29, 0.717) is 5.56 Å². The summed E-state index contributed by atoms with van der Waals surface area (Å²) < 4.78 is 12.8. The molecular formula is C15H18FNO3. The summed E-state index contributed by atoms with van der Waals surface area (Å²) in [5.74, 6) is -1.51. The van der Waals surface area contributed by atoms with Gasteiger partial charge < -0.3 is 10.4 Å². The highest BCUT2D eigenvalue weighted by Gasteiger charge is 2.46. The molecule has 20 heavy (non-hydrogen) atoms. The van der Waals surface area contributed by atoms with Crippen LogP contribution >= 0.6 is 0 Å². The summed E-state index contributed by atoms with van der Waals surface area (Å²) in [7, 11) is 0. The number of carboxylic acids is 1. The zero-order valence-electron chi connectivity index (χ0n) is 11.5. The molecule has 0 bridgehead atoms. The molecule has 2 N–H and O–H groups in total. The van der Waals surface area contributed by atoms with E-state index in [-0.39, 0.29) is 11.8 Å². The molecule has 0 spiro atoms. The van der Waals surface area contributed by atoms with Crippen molar-refractivity contribution in [2.45, 2.75) is 32.7 Å². The molecule has 108 valence electrons. The summed E-state index contributed by atoms with van der Waals surface area (Å²) in [5, 5.41) is 12.1. The normalized spacial score (nSPS) is 16.6. The highest BCUT2D eigenvalue weighted by molar-refractivity contribution is 5.94. The van der Waals surface area contributed by atoms with Gasteiger partial charge >= 0.3 is 5.97 Å². The average Bonchev–Trinajstić information content (AvgIpc) is 3.20. The Labute approximate surface area is 117 Å². The highest BCUT2D eigenvalue weighted by Crippen LogP contribution is 2.40. The number of hydrogen-bond acceptors (Lipinski definition) is 2. The van der Waals surface area contributed by atoms with E-state index >= 15 is 0 Å². The summed E-state index contributed by atoms with van der Waals surface area (Å²) in [6, 6.07) is 4.79. The van der Waals surface area contributed by atoms with Crippen LogP contribution in [0.2, 0.25) is 0 Å². The molecule has 4 nitrogen and oxygen atoms in total. The van der Waals surface area contributed by atoms with Crippen LogP contribution in [0.4, 0.5) is 4.39 Å². The molecule has 1 atom stereocenters. The molecule has 1 aromatic rings. The molecule has 0 heterocycles. The maximum atomic E-state index is 12.8. The summed E-state index contributed by atoms with van der Waals surface area (Å²) in [6.45, 7) is 3.23. The van der Waals surface area contributed by atoms with Gasteiger partial charge in [-0.15, -0.1) is 0 Å². The minimum atomic E-state index is -1.03. The van der Waals surface area contributed by atoms with Crippen LogP contribution < -0.4 is 5.32 Å². The first-order valence-corrected chi connectivity index (χ1v) is 6.62. The zero-order valence-corrected chi connectivity index (χ0v) is 11.5. The van der Waals surface area contributed by atoms with Crippen LogP contribution in [0.15, 0.2) is 24.3 Å². The summed E-state index contributed by atoms with van der Waals surface area (Å²) >= 11 is 0. The number of nitrogens with one attached hydrogen (secondary N) is 1. The standard InChI is InChI=1S/C15H18FNO3/c1-15(2,14(19)20)12(9-3-4-9)17-13(18)10-5-7-11(16)8-6-10/h5-9,12H,3-4H2,1-2H3,(H,17,18)(H,19,20). The van der Waals surface area contributed by atoms with Crippen molar-refractivity contribution >= 4 is 11.9 Å². The van der Waals surface area contributed by atoms with Crippen molar-refractivity contribution in [1.82, 2.24) is 5.32 Å². The Morgan fingerprint density at radius 1 is 1.30 bits per heavy atom. The van der Waals surface area contributed by atoms with Crippen LogP contribution in [0, 0.1) is 17.2 Å². The first-order valence-electron chi connectivity index (χ1n) is 6.62. The van der Waals surface area contributed by atoms with Crippen molar-refractivity contribution in [3.05, 3.63) is 35.6 Å². The second kappa shape index (κ2) is 5.23. The smallest absolute Gasteiger partial charge is 0.311 e. The fraction of sp³-hybridized carbons (Fsp3) is 0.467. The zero-order chi connectivity index (χ0) is 14.9. The van der Waals surface area contributed by atoms with Gasteiger partial charge in [-0.2, -0.15) is 0 Å². The van der Waals surface area contributed by atoms with Crippen molar-refractivity contribution in [1.29, 1.82) is 0 Å². The summed E-state index contributed by atoms with van der Waals surface area (Å²) in [5.41, 5.74) is -0.699. The Kier molecular flexibility index (Phi) is 3.79. The van der Waals surface area contributed by atoms with Gasteiger partial charge in [0.1, 0.15) is 5.82 Å². The third kappa shape index (κ3) is 2.98. The number of halogens is 1. The Morgan fingerprint density at radius 3 is 2.30 bits per heavy atom. The lowest BCUT2D eigenvalue weighted by atomic mass is 9.81. The minimum absolute atomic E-state index is 0.200. The Bertz CT molecular complexity index is 520. The van der Waals surface area contributed by atoms with Gasteiger partial charge in [0.05, 0.1) is 5.41 Å². The lowest BCUT2D eigenvalue weighted by Gasteiger charge is -2.31. The molecule has 2 rings (SSSR count). The SMILES string of the molecule is CC(C)(C(=O)O)C(NC(=O)c1ccc(F)cc1)C1CC1. The molecule has 1 fully saturated rings. The van der Waals surface area contributed by atoms with E-state index in [2.05, 4.69) is 5.32 Å². The summed E-state index contributed by atoms with van der Waals surface area (Å²) in [4.78, 5) is 23.5. The van der Waals surface area contributed by atoms with Gasteiger partial charge in [-0.1, -0.05) is 0 Å². The van der Waals surface area contributed by atoms with Crippen molar-refractivity contribution in [3.63, 3.8) is 0 Å². The van der Waals surface area contributed by atoms with Crippen LogP contribution in [-0.2, 0) is 4.79 Å². The van der Waals surface area contributed by atoms with Crippen molar-refractivity contribution in [2.75, 3.05) is 0 Å². The Morgan fingerprint density at radius 2 is 1.85 bits per heavy atom. The molecule has 1 unspecified atom stereocenters. The van der Waals surface area contributed by atoms with Gasteiger partial charge in [-0.05, 0) is 56.9 Å². The van der Waals surface area contributed by atoms with E-state index in [0.717, 1.165) is 12.8 Å². The molecule has 0 radical (unpaired) electrons. The quantitative estimate of drug-likeness (QED) is 0.870. The first kappa shape index (κ1) is 14.5. The van der Waals surface area contributed by atoms with Crippen molar-refractivity contribution in [2.24, 2.45) is 11.3 Å². The Hall–Kier alpha value is -1.91. The third-order valence-electron chi connectivity index (χ3n) is 3.82. The molecule has 0 saturated heterocycles. The molecule has 1 saturated carbocycles. The second-order valence-corrected chi connectivity index (χ2v) is 5.82. The highest BCUT2D eigenvalue weighted by atomic mass is 19.1. The number of carbonyl (C=O) groups excluding carboxylic acids is 1. The van der Waals surface area contributed by atoms with E-state index in [4.69, 9.17) is 0 Å². The topological polar surface area (TPSA) is 66.4 Å². The van der Waals surface area contributed by atoms with Crippen molar-refractivity contribution in [3.8, 4) is 0 Å². The van der Waals surface area contributed by atoms with Crippen LogP contribution in [0.3, 0.4) is 0 Å². The van der Waals surface area contributed by atoms with Crippen LogP contribution in [0.5, 0.6) is 0 Å². The molecule has 1 aliphatic rings. The predicted molar refractivity (Wildman–Crippen MR) is 71.8 cm³/mol. The van der Waals surface area contributed by atoms with Crippen LogP contribution in [0.1, 0.15) is 37.0 Å². The molecular weight excluding hydrogens is 261 g/mol. The Balaban J connectivity index is 2.14. The average molecular weight is 279 g/mol. The number of benzene rings is 1. The largest absolute Gasteiger partial charge is 0.481 e. The monoisotopic (exact) mass is 279 g/mol. The van der Waals surface area contributed by atoms with E-state index in [1.54, 1.807) is 13.8 Å². The van der Waals surface area contributed by atoms with E-state index in [1.165, 1.54) is 24.3 Å². The number of hydrogen-bond donors (Lipinski definition) is 2. The molecule has 0 aliphatic heterocycles. The van der Waals surface area contributed by atoms with Gasteiger partial charge in [-0.25, -0.2) is 4.39 Å². The second-order valence-electron chi connectivity index (χ2n) is 5.82. The third-order valence-corrected chi connectivity index (χ3v) is 3.82. The summed E-state index contributed by atoms with van der Waals surface area (Å²) in [6.07, 6.45) is 1.84. The number of rotatable bonds is 5. The number of aliphatic carboxylic acids is 1. The van der Waals surface area contributed by atoms with Gasteiger partial charge in [0.25, 0.3) is 5.91 Å². The number of amides is 1. The van der Waals surface area contributed by atoms with Gasteiger partial charge in [0.2, 0.25) is 0 Å². The van der Waals surface area contributed by atoms with Gasteiger partial charge in [0, 0.05) is 11.6 Å². The van der Waals surface area contributed by atoms with Crippen LogP contribution in [-0.4, -0.2) is 23.0 Å². The number of carboxylic acid groups (broad SMARTS) is 1. The maximum absolute atomic E-state index is 12.8. The molecule has 5 heteroatoms. The molecule has 1 aromatic carbocycles. The fourth-order valence-corrected chi connectivity index (χ4v) is 2.28. The van der Waals surface area contributed by atoms with Gasteiger partial charge in [0.15, 0.2) is 0 Å². The van der Waals surface area contributed by atoms with E-state index < -0.39 is 23.2 Å². The molecule has 1 amide bonds. The number of carbonyl (C=O) groups is 2. The lowest BCUT2D eigenvalue weighted by Crippen LogP contribution is -2.50. The van der Waals surface area contributed by atoms with E-state index in [9.17, 15) is 19.1 Å². The first-order chi connectivity index (χ1) is 9.32. The fourth-order valence-electron chi connectivity index (χ4n) is 2.28. The maximum Gasteiger partial charge on any atom is 0.311 e. The van der Waals surface area contributed by atoms with Gasteiger partial charge in [-0.3, -0.25) is 9.59 Å². The molecule has 0 aromatic heterocycles. The minimum Gasteiger partial charge on any atom is -0.481 e. The van der Waals surface area contributed by atoms with E-state index in [1.807, 2.05) is 0 Å². The molecule has 1 aliphatic carbocycles. The van der Waals surface area contributed by atoms with Crippen LogP contribution in [0.25, 0.3) is 0 Å².